The van der Waals surface area contributed by atoms with Crippen molar-refractivity contribution in [1.82, 2.24) is 29.9 Å². The number of hydrogen-bond acceptors (Lipinski definition) is 7. The van der Waals surface area contributed by atoms with E-state index in [2.05, 4.69) is 25.4 Å². The summed E-state index contributed by atoms with van der Waals surface area (Å²) >= 11 is 1.30. The van der Waals surface area contributed by atoms with Crippen molar-refractivity contribution in [2.45, 2.75) is 12.8 Å². The quantitative estimate of drug-likeness (QED) is 0.832. The first-order valence-electron chi connectivity index (χ1n) is 9.50. The first kappa shape index (κ1) is 18.8. The molecule has 1 N–H and O–H groups in total. The Morgan fingerprint density at radius 2 is 1.79 bits per heavy atom. The van der Waals surface area contributed by atoms with Gasteiger partial charge in [0, 0.05) is 45.5 Å². The molecule has 28 heavy (non-hydrogen) atoms. The highest BCUT2D eigenvalue weighted by atomic mass is 32.1. The molecular formula is C18H23N7O2S. The monoisotopic (exact) mass is 401 g/mol. The Bertz CT molecular complexity index is 814. The maximum Gasteiger partial charge on any atom is 0.323 e. The minimum atomic E-state index is -0.186. The molecule has 0 atom stereocenters. The van der Waals surface area contributed by atoms with Crippen LogP contribution in [-0.2, 0) is 4.79 Å². The Morgan fingerprint density at radius 1 is 1.00 bits per heavy atom. The molecule has 0 radical (unpaired) electrons. The molecule has 0 spiro atoms. The van der Waals surface area contributed by atoms with Gasteiger partial charge in [-0.15, -0.1) is 10.2 Å². The summed E-state index contributed by atoms with van der Waals surface area (Å²) in [5, 5.41) is 12.1. The number of carbonyl (C=O) groups excluding carboxylic acids is 2. The molecule has 2 aliphatic heterocycles. The number of nitrogens with one attached hydrogen (secondary N) is 1. The summed E-state index contributed by atoms with van der Waals surface area (Å²) in [6, 6.07) is 5.39. The van der Waals surface area contributed by atoms with Crippen molar-refractivity contribution in [2.24, 2.45) is 0 Å². The molecule has 0 aliphatic carbocycles. The fraction of sp³-hybridized carbons (Fsp3) is 0.500. The summed E-state index contributed by atoms with van der Waals surface area (Å²) in [6.45, 7) is 4.77. The third-order valence-corrected chi connectivity index (χ3v) is 5.86. The lowest BCUT2D eigenvalue weighted by Gasteiger charge is -2.34. The Labute approximate surface area is 167 Å². The lowest BCUT2D eigenvalue weighted by Crippen LogP contribution is -2.52. The summed E-state index contributed by atoms with van der Waals surface area (Å²) in [4.78, 5) is 34.8. The van der Waals surface area contributed by atoms with Gasteiger partial charge in [-0.25, -0.2) is 4.79 Å². The van der Waals surface area contributed by atoms with Crippen molar-refractivity contribution < 1.29 is 9.59 Å². The van der Waals surface area contributed by atoms with Gasteiger partial charge in [0.05, 0.1) is 6.54 Å². The second-order valence-electron chi connectivity index (χ2n) is 6.91. The van der Waals surface area contributed by atoms with E-state index in [0.29, 0.717) is 42.9 Å². The van der Waals surface area contributed by atoms with Crippen LogP contribution >= 0.6 is 11.3 Å². The predicted molar refractivity (Wildman–Crippen MR) is 106 cm³/mol. The first-order valence-corrected chi connectivity index (χ1v) is 10.3. The largest absolute Gasteiger partial charge is 0.342 e. The van der Waals surface area contributed by atoms with Crippen molar-refractivity contribution in [3.8, 4) is 10.7 Å². The molecule has 148 valence electrons. The molecule has 0 unspecified atom stereocenters. The van der Waals surface area contributed by atoms with Gasteiger partial charge in [-0.2, -0.15) is 0 Å². The van der Waals surface area contributed by atoms with Crippen LogP contribution in [0.4, 0.5) is 9.93 Å². The SMILES string of the molecule is O=C(CN1CCN(C(=O)Nc2nnc(-c3ccccn3)s2)CC1)N1CCCC1. The Morgan fingerprint density at radius 3 is 2.50 bits per heavy atom. The number of piperazine rings is 1. The Hall–Kier alpha value is -2.59. The van der Waals surface area contributed by atoms with Gasteiger partial charge in [0.25, 0.3) is 0 Å². The van der Waals surface area contributed by atoms with Crippen molar-refractivity contribution in [3.63, 3.8) is 0 Å². The predicted octanol–water partition coefficient (Wildman–Crippen LogP) is 1.37. The van der Waals surface area contributed by atoms with E-state index in [1.165, 1.54) is 11.3 Å². The van der Waals surface area contributed by atoms with E-state index < -0.39 is 0 Å². The van der Waals surface area contributed by atoms with E-state index in [1.807, 2.05) is 23.1 Å². The minimum Gasteiger partial charge on any atom is -0.342 e. The molecule has 9 nitrogen and oxygen atoms in total. The van der Waals surface area contributed by atoms with E-state index in [4.69, 9.17) is 0 Å². The fourth-order valence-corrected chi connectivity index (χ4v) is 4.11. The summed E-state index contributed by atoms with van der Waals surface area (Å²) in [6.07, 6.45) is 3.91. The zero-order chi connectivity index (χ0) is 19.3. The highest BCUT2D eigenvalue weighted by molar-refractivity contribution is 7.18. The van der Waals surface area contributed by atoms with Crippen LogP contribution in [0, 0.1) is 0 Å². The molecule has 2 aromatic rings. The highest BCUT2D eigenvalue weighted by Crippen LogP contribution is 2.24. The number of nitrogens with zero attached hydrogens (tertiary/aromatic N) is 6. The maximum absolute atomic E-state index is 12.5. The van der Waals surface area contributed by atoms with Crippen molar-refractivity contribution in [1.29, 1.82) is 0 Å². The molecule has 4 rings (SSSR count). The van der Waals surface area contributed by atoms with Crippen LogP contribution in [0.3, 0.4) is 0 Å². The van der Waals surface area contributed by atoms with Crippen molar-refractivity contribution in [3.05, 3.63) is 24.4 Å². The van der Waals surface area contributed by atoms with Gasteiger partial charge in [0.1, 0.15) is 5.69 Å². The molecule has 0 aromatic carbocycles. The number of carbonyl (C=O) groups is 2. The Balaban J connectivity index is 1.25. The third-order valence-electron chi connectivity index (χ3n) is 5.00. The number of rotatable bonds is 4. The van der Waals surface area contributed by atoms with Gasteiger partial charge in [-0.05, 0) is 25.0 Å². The van der Waals surface area contributed by atoms with E-state index in [-0.39, 0.29) is 11.9 Å². The average Bonchev–Trinajstić information content (AvgIpc) is 3.41. The van der Waals surface area contributed by atoms with Crippen molar-refractivity contribution in [2.75, 3.05) is 51.1 Å². The lowest BCUT2D eigenvalue weighted by atomic mass is 10.3. The van der Waals surface area contributed by atoms with Crippen LogP contribution in [0.5, 0.6) is 0 Å². The van der Waals surface area contributed by atoms with Crippen LogP contribution < -0.4 is 5.32 Å². The van der Waals surface area contributed by atoms with Gasteiger partial charge in [-0.1, -0.05) is 17.4 Å². The number of urea groups is 1. The molecule has 4 heterocycles. The normalized spacial score (nSPS) is 17.7. The van der Waals surface area contributed by atoms with Crippen LogP contribution in [0.25, 0.3) is 10.7 Å². The number of aromatic nitrogens is 3. The van der Waals surface area contributed by atoms with E-state index in [1.54, 1.807) is 11.1 Å². The molecular weight excluding hydrogens is 378 g/mol. The molecule has 2 aliphatic rings. The zero-order valence-electron chi connectivity index (χ0n) is 15.6. The zero-order valence-corrected chi connectivity index (χ0v) is 16.4. The van der Waals surface area contributed by atoms with Crippen molar-refractivity contribution >= 4 is 28.4 Å². The van der Waals surface area contributed by atoms with Gasteiger partial charge >= 0.3 is 6.03 Å². The standard InChI is InChI=1S/C18H23N7O2S/c26-15(24-7-3-4-8-24)13-23-9-11-25(12-10-23)18(27)20-17-22-21-16(28-17)14-5-1-2-6-19-14/h1-2,5-6H,3-4,7-13H2,(H,20,22,27). The number of hydrogen-bond donors (Lipinski definition) is 1. The van der Waals surface area contributed by atoms with Gasteiger partial charge in [-0.3, -0.25) is 20.0 Å². The lowest BCUT2D eigenvalue weighted by molar-refractivity contribution is -0.131. The van der Waals surface area contributed by atoms with E-state index in [9.17, 15) is 9.59 Å². The smallest absolute Gasteiger partial charge is 0.323 e. The fourth-order valence-electron chi connectivity index (χ4n) is 3.40. The van der Waals surface area contributed by atoms with E-state index in [0.717, 1.165) is 31.6 Å². The number of amides is 3. The molecule has 2 aromatic heterocycles. The topological polar surface area (TPSA) is 94.6 Å². The van der Waals surface area contributed by atoms with E-state index >= 15 is 0 Å². The molecule has 10 heteroatoms. The minimum absolute atomic E-state index is 0.186. The number of pyridine rings is 1. The molecule has 0 bridgehead atoms. The second kappa shape index (κ2) is 8.61. The highest BCUT2D eigenvalue weighted by Gasteiger charge is 2.25. The molecule has 2 saturated heterocycles. The van der Waals surface area contributed by atoms with Crippen LogP contribution in [0.2, 0.25) is 0 Å². The number of anilines is 1. The number of likely N-dealkylation sites (tertiary alicyclic amines) is 1. The first-order chi connectivity index (χ1) is 13.7. The summed E-state index contributed by atoms with van der Waals surface area (Å²) in [5.74, 6) is 0.200. The molecule has 0 saturated carbocycles. The molecule has 3 amide bonds. The van der Waals surface area contributed by atoms with Crippen LogP contribution in [0.1, 0.15) is 12.8 Å². The van der Waals surface area contributed by atoms with Gasteiger partial charge in [0.15, 0.2) is 5.01 Å². The summed E-state index contributed by atoms with van der Waals surface area (Å²) in [7, 11) is 0. The van der Waals surface area contributed by atoms with Gasteiger partial charge < -0.3 is 9.80 Å². The maximum atomic E-state index is 12.5. The summed E-state index contributed by atoms with van der Waals surface area (Å²) in [5.41, 5.74) is 0.733. The Kier molecular flexibility index (Phi) is 5.77. The van der Waals surface area contributed by atoms with Crippen LogP contribution in [-0.4, -0.2) is 87.6 Å². The molecule has 2 fully saturated rings. The van der Waals surface area contributed by atoms with Gasteiger partial charge in [0.2, 0.25) is 11.0 Å². The average molecular weight is 401 g/mol. The second-order valence-corrected chi connectivity index (χ2v) is 7.89. The summed E-state index contributed by atoms with van der Waals surface area (Å²) < 4.78 is 0. The third kappa shape index (κ3) is 4.45. The van der Waals surface area contributed by atoms with Crippen LogP contribution in [0.15, 0.2) is 24.4 Å².